The molecule has 2 fully saturated rings. The first-order valence-electron chi connectivity index (χ1n) is 8.52. The second kappa shape index (κ2) is 6.41. The zero-order chi connectivity index (χ0) is 15.7. The van der Waals surface area contributed by atoms with Crippen molar-refractivity contribution in [3.8, 4) is 0 Å². The van der Waals surface area contributed by atoms with E-state index in [1.54, 1.807) is 0 Å². The maximum atomic E-state index is 12.6. The molecule has 0 bridgehead atoms. The van der Waals surface area contributed by atoms with Gasteiger partial charge in [0.2, 0.25) is 5.91 Å². The molecule has 5 heteroatoms. The maximum absolute atomic E-state index is 12.6. The van der Waals surface area contributed by atoms with Crippen LogP contribution in [0.25, 0.3) is 0 Å². The molecule has 0 spiro atoms. The zero-order valence-electron chi connectivity index (χ0n) is 14.0. The van der Waals surface area contributed by atoms with Gasteiger partial charge >= 0.3 is 0 Å². The van der Waals surface area contributed by atoms with E-state index in [1.807, 2.05) is 19.4 Å². The van der Waals surface area contributed by atoms with Crippen LogP contribution >= 0.6 is 0 Å². The van der Waals surface area contributed by atoms with Gasteiger partial charge in [0.1, 0.15) is 5.82 Å². The van der Waals surface area contributed by atoms with E-state index in [4.69, 9.17) is 0 Å². The summed E-state index contributed by atoms with van der Waals surface area (Å²) in [5.74, 6) is 2.66. The highest BCUT2D eigenvalue weighted by Crippen LogP contribution is 2.32. The van der Waals surface area contributed by atoms with Crippen LogP contribution in [0.5, 0.6) is 0 Å². The fourth-order valence-electron chi connectivity index (χ4n) is 3.32. The number of rotatable bonds is 5. The Morgan fingerprint density at radius 2 is 2.14 bits per heavy atom. The molecule has 2 aliphatic rings. The minimum Gasteiger partial charge on any atom is -0.338 e. The monoisotopic (exact) mass is 304 g/mol. The van der Waals surface area contributed by atoms with Crippen LogP contribution in [-0.2, 0) is 18.4 Å². The van der Waals surface area contributed by atoms with Crippen molar-refractivity contribution in [2.75, 3.05) is 19.6 Å². The fourth-order valence-corrected chi connectivity index (χ4v) is 3.32. The number of hydrogen-bond acceptors (Lipinski definition) is 3. The molecule has 0 aromatic carbocycles. The van der Waals surface area contributed by atoms with E-state index >= 15 is 0 Å². The van der Waals surface area contributed by atoms with Gasteiger partial charge in [-0.25, -0.2) is 4.98 Å². The number of nitrogens with zero attached hydrogens (tertiary/aromatic N) is 4. The summed E-state index contributed by atoms with van der Waals surface area (Å²) in [6, 6.07) is 0.330. The molecule has 122 valence electrons. The van der Waals surface area contributed by atoms with Gasteiger partial charge in [-0.1, -0.05) is 13.8 Å². The van der Waals surface area contributed by atoms with Gasteiger partial charge < -0.3 is 9.47 Å². The van der Waals surface area contributed by atoms with Gasteiger partial charge in [-0.3, -0.25) is 9.69 Å². The Labute approximate surface area is 133 Å². The van der Waals surface area contributed by atoms with Crippen LogP contribution in [0.4, 0.5) is 0 Å². The van der Waals surface area contributed by atoms with Gasteiger partial charge in [0.15, 0.2) is 0 Å². The molecule has 1 aliphatic heterocycles. The third-order valence-corrected chi connectivity index (χ3v) is 5.02. The van der Waals surface area contributed by atoms with Crippen molar-refractivity contribution in [3.05, 3.63) is 18.2 Å². The van der Waals surface area contributed by atoms with E-state index in [2.05, 4.69) is 33.2 Å². The lowest BCUT2D eigenvalue weighted by molar-refractivity contribution is -0.133. The number of carbonyl (C=O) groups is 1. The number of carbonyl (C=O) groups excluding carboxylic acids is 1. The molecule has 2 heterocycles. The summed E-state index contributed by atoms with van der Waals surface area (Å²) in [5, 5.41) is 0. The van der Waals surface area contributed by atoms with Gasteiger partial charge in [-0.15, -0.1) is 0 Å². The molecule has 1 saturated carbocycles. The van der Waals surface area contributed by atoms with E-state index in [9.17, 15) is 4.79 Å². The summed E-state index contributed by atoms with van der Waals surface area (Å²) < 4.78 is 2.07. The normalized spacial score (nSPS) is 24.1. The molecule has 0 radical (unpaired) electrons. The number of hydrogen-bond donors (Lipinski definition) is 0. The summed E-state index contributed by atoms with van der Waals surface area (Å²) in [5.41, 5.74) is 0. The fraction of sp³-hybridized carbons (Fsp3) is 0.765. The average molecular weight is 304 g/mol. The Balaban J connectivity index is 1.72. The number of aryl methyl sites for hydroxylation is 1. The zero-order valence-corrected chi connectivity index (χ0v) is 14.0. The second-order valence-corrected chi connectivity index (χ2v) is 7.24. The van der Waals surface area contributed by atoms with Crippen molar-refractivity contribution < 1.29 is 4.79 Å². The molecule has 0 N–H and O–H groups in total. The second-order valence-electron chi connectivity index (χ2n) is 7.24. The quantitative estimate of drug-likeness (QED) is 0.834. The molecular weight excluding hydrogens is 276 g/mol. The Morgan fingerprint density at radius 3 is 2.73 bits per heavy atom. The highest BCUT2D eigenvalue weighted by Gasteiger charge is 2.35. The topological polar surface area (TPSA) is 41.4 Å². The van der Waals surface area contributed by atoms with Crippen LogP contribution in [-0.4, -0.2) is 50.9 Å². The van der Waals surface area contributed by atoms with Crippen molar-refractivity contribution in [1.82, 2.24) is 19.4 Å². The van der Waals surface area contributed by atoms with E-state index < -0.39 is 0 Å². The van der Waals surface area contributed by atoms with Crippen LogP contribution in [0.15, 0.2) is 12.4 Å². The predicted molar refractivity (Wildman–Crippen MR) is 86.2 cm³/mol. The summed E-state index contributed by atoms with van der Waals surface area (Å²) >= 11 is 0. The molecular formula is C17H28N4O. The summed E-state index contributed by atoms with van der Waals surface area (Å²) in [7, 11) is 2.03. The van der Waals surface area contributed by atoms with E-state index in [-0.39, 0.29) is 0 Å². The van der Waals surface area contributed by atoms with Gasteiger partial charge in [-0.05, 0) is 24.7 Å². The number of imidazole rings is 1. The van der Waals surface area contributed by atoms with Crippen molar-refractivity contribution in [1.29, 1.82) is 0 Å². The molecule has 3 rings (SSSR count). The van der Waals surface area contributed by atoms with Gasteiger partial charge in [0, 0.05) is 51.5 Å². The van der Waals surface area contributed by atoms with Crippen LogP contribution in [0.1, 0.15) is 38.9 Å². The molecule has 1 aromatic heterocycles. The Hall–Kier alpha value is -1.36. The molecule has 1 aromatic rings. The van der Waals surface area contributed by atoms with E-state index in [0.717, 1.165) is 37.9 Å². The first kappa shape index (κ1) is 15.5. The lowest BCUT2D eigenvalue weighted by atomic mass is 10.0. The van der Waals surface area contributed by atoms with E-state index in [0.29, 0.717) is 24.3 Å². The molecule has 1 saturated heterocycles. The SMILES string of the molecule is CC(C)[C@@H]1CN(Cc2nccn2C)CCC(=O)N1CC1CC1. The molecule has 1 aliphatic carbocycles. The molecule has 0 unspecified atom stereocenters. The summed E-state index contributed by atoms with van der Waals surface area (Å²) in [6.07, 6.45) is 7.06. The Morgan fingerprint density at radius 1 is 1.36 bits per heavy atom. The van der Waals surface area contributed by atoms with Crippen LogP contribution in [0, 0.1) is 11.8 Å². The lowest BCUT2D eigenvalue weighted by Crippen LogP contribution is -2.47. The average Bonchev–Trinajstić information content (AvgIpc) is 3.23. The highest BCUT2D eigenvalue weighted by molar-refractivity contribution is 5.77. The third kappa shape index (κ3) is 3.51. The number of aromatic nitrogens is 2. The van der Waals surface area contributed by atoms with Crippen molar-refractivity contribution >= 4 is 5.91 Å². The molecule has 1 atom stereocenters. The van der Waals surface area contributed by atoms with Crippen LogP contribution < -0.4 is 0 Å². The third-order valence-electron chi connectivity index (χ3n) is 5.02. The Bertz CT molecular complexity index is 520. The van der Waals surface area contributed by atoms with Gasteiger partial charge in [0.05, 0.1) is 6.54 Å². The lowest BCUT2D eigenvalue weighted by Gasteiger charge is -2.34. The van der Waals surface area contributed by atoms with E-state index in [1.165, 1.54) is 12.8 Å². The first-order valence-corrected chi connectivity index (χ1v) is 8.52. The van der Waals surface area contributed by atoms with Gasteiger partial charge in [0.25, 0.3) is 0 Å². The maximum Gasteiger partial charge on any atom is 0.224 e. The minimum absolute atomic E-state index is 0.330. The predicted octanol–water partition coefficient (Wildman–Crippen LogP) is 1.89. The smallest absolute Gasteiger partial charge is 0.224 e. The van der Waals surface area contributed by atoms with Gasteiger partial charge in [-0.2, -0.15) is 0 Å². The van der Waals surface area contributed by atoms with Crippen molar-refractivity contribution in [2.45, 2.75) is 45.7 Å². The van der Waals surface area contributed by atoms with Crippen molar-refractivity contribution in [3.63, 3.8) is 0 Å². The number of amides is 1. The molecule has 22 heavy (non-hydrogen) atoms. The van der Waals surface area contributed by atoms with Crippen molar-refractivity contribution in [2.24, 2.45) is 18.9 Å². The van der Waals surface area contributed by atoms with Crippen LogP contribution in [0.2, 0.25) is 0 Å². The summed E-state index contributed by atoms with van der Waals surface area (Å²) in [6.45, 7) is 8.08. The Kier molecular flexibility index (Phi) is 4.52. The first-order chi connectivity index (χ1) is 10.5. The minimum atomic E-state index is 0.330. The molecule has 5 nitrogen and oxygen atoms in total. The largest absolute Gasteiger partial charge is 0.338 e. The molecule has 1 amide bonds. The summed E-state index contributed by atoms with van der Waals surface area (Å²) in [4.78, 5) is 21.6. The highest BCUT2D eigenvalue weighted by atomic mass is 16.2. The van der Waals surface area contributed by atoms with Crippen LogP contribution in [0.3, 0.4) is 0 Å². The standard InChI is InChI=1S/C17H28N4O/c1-13(2)15-11-20(12-16-18-7-9-19(16)3)8-6-17(22)21(15)10-14-4-5-14/h7,9,13-15H,4-6,8,10-12H2,1-3H3/t15-/m0/s1.